The van der Waals surface area contributed by atoms with Crippen molar-refractivity contribution in [3.63, 3.8) is 0 Å². The maximum absolute atomic E-state index is 13.2. The van der Waals surface area contributed by atoms with Gasteiger partial charge in [0.2, 0.25) is 10.0 Å². The minimum absolute atomic E-state index is 0.0370. The van der Waals surface area contributed by atoms with E-state index in [0.29, 0.717) is 13.0 Å². The number of halogens is 4. The molecule has 3 rings (SSSR count). The fourth-order valence-electron chi connectivity index (χ4n) is 3.21. The van der Waals surface area contributed by atoms with E-state index in [2.05, 4.69) is 0 Å². The summed E-state index contributed by atoms with van der Waals surface area (Å²) in [4.78, 5) is 1.63. The van der Waals surface area contributed by atoms with Crippen molar-refractivity contribution in [2.24, 2.45) is 0 Å². The summed E-state index contributed by atoms with van der Waals surface area (Å²) < 4.78 is 79.5. The van der Waals surface area contributed by atoms with Crippen molar-refractivity contribution in [1.82, 2.24) is 4.31 Å². The van der Waals surface area contributed by atoms with Crippen LogP contribution < -0.4 is 4.90 Å². The molecular weight excluding hydrogens is 410 g/mol. The van der Waals surface area contributed by atoms with E-state index >= 15 is 0 Å². The highest BCUT2D eigenvalue weighted by Gasteiger charge is 2.34. The van der Waals surface area contributed by atoms with Gasteiger partial charge in [-0.25, -0.2) is 12.8 Å². The highest BCUT2D eigenvalue weighted by Crippen LogP contribution is 2.34. The predicted octanol–water partition coefficient (Wildman–Crippen LogP) is 3.62. The molecule has 29 heavy (non-hydrogen) atoms. The molecule has 1 heterocycles. The molecule has 0 saturated carbocycles. The molecule has 1 aliphatic rings. The molecule has 0 amide bonds. The van der Waals surface area contributed by atoms with Crippen LogP contribution in [0.5, 0.6) is 0 Å². The number of hydrogen-bond donors (Lipinski definition) is 0. The van der Waals surface area contributed by atoms with Gasteiger partial charge in [0.1, 0.15) is 5.82 Å². The lowest BCUT2D eigenvalue weighted by Gasteiger charge is -2.24. The summed E-state index contributed by atoms with van der Waals surface area (Å²) in [7, 11) is -3.83. The van der Waals surface area contributed by atoms with Crippen molar-refractivity contribution in [3.8, 4) is 6.07 Å². The van der Waals surface area contributed by atoms with Gasteiger partial charge in [0.15, 0.2) is 0 Å². The molecule has 1 saturated heterocycles. The van der Waals surface area contributed by atoms with Crippen LogP contribution in [0, 0.1) is 17.1 Å². The first kappa shape index (κ1) is 21.1. The van der Waals surface area contributed by atoms with Crippen LogP contribution in [0.3, 0.4) is 0 Å². The molecule has 0 atom stereocenters. The molecule has 10 heteroatoms. The molecule has 0 aromatic heterocycles. The number of nitriles is 1. The molecular formula is C19H17F4N3O2S. The molecule has 0 bridgehead atoms. The van der Waals surface area contributed by atoms with Crippen LogP contribution in [0.2, 0.25) is 0 Å². The van der Waals surface area contributed by atoms with Gasteiger partial charge in [-0.1, -0.05) is 0 Å². The number of benzene rings is 2. The van der Waals surface area contributed by atoms with E-state index in [1.165, 1.54) is 22.5 Å². The highest BCUT2D eigenvalue weighted by atomic mass is 32.2. The molecule has 2 aromatic rings. The van der Waals surface area contributed by atoms with E-state index < -0.39 is 33.1 Å². The summed E-state index contributed by atoms with van der Waals surface area (Å²) in [6, 6.07) is 9.50. The summed E-state index contributed by atoms with van der Waals surface area (Å²) >= 11 is 0. The van der Waals surface area contributed by atoms with Gasteiger partial charge in [-0.15, -0.1) is 0 Å². The standard InChI is InChI=1S/C19H17F4N3O2S/c20-15-3-6-17(7-4-15)29(27,28)26-9-1-8-25(10-11-26)16-5-2-14(13-24)18(12-16)19(21,22)23/h2-7,12H,1,8-11H2. The minimum Gasteiger partial charge on any atom is -0.370 e. The molecule has 0 N–H and O–H groups in total. The third-order valence-corrected chi connectivity index (χ3v) is 6.61. The lowest BCUT2D eigenvalue weighted by atomic mass is 10.1. The molecule has 1 fully saturated rings. The maximum atomic E-state index is 13.2. The van der Waals surface area contributed by atoms with Gasteiger partial charge in [0.05, 0.1) is 22.1 Å². The van der Waals surface area contributed by atoms with Crippen LogP contribution in [0.25, 0.3) is 0 Å². The summed E-state index contributed by atoms with van der Waals surface area (Å²) in [5.74, 6) is -0.549. The number of hydrogen-bond acceptors (Lipinski definition) is 4. The molecule has 154 valence electrons. The largest absolute Gasteiger partial charge is 0.417 e. The normalized spacial score (nSPS) is 16.3. The Labute approximate surface area is 165 Å². The van der Waals surface area contributed by atoms with E-state index in [4.69, 9.17) is 5.26 Å². The van der Waals surface area contributed by atoms with Crippen LogP contribution in [-0.2, 0) is 16.2 Å². The number of sulfonamides is 1. The average molecular weight is 427 g/mol. The first-order chi connectivity index (χ1) is 13.6. The zero-order chi connectivity index (χ0) is 21.2. The smallest absolute Gasteiger partial charge is 0.370 e. The predicted molar refractivity (Wildman–Crippen MR) is 98.1 cm³/mol. The lowest BCUT2D eigenvalue weighted by molar-refractivity contribution is -0.137. The molecule has 1 aliphatic heterocycles. The summed E-state index contributed by atoms with van der Waals surface area (Å²) in [6.07, 6.45) is -4.26. The fraction of sp³-hybridized carbons (Fsp3) is 0.316. The molecule has 5 nitrogen and oxygen atoms in total. The molecule has 0 unspecified atom stereocenters. The van der Waals surface area contributed by atoms with Gasteiger partial charge in [0, 0.05) is 31.9 Å². The number of nitrogens with zero attached hydrogens (tertiary/aromatic N) is 3. The second kappa shape index (κ2) is 8.00. The quantitative estimate of drug-likeness (QED) is 0.702. The first-order valence-corrected chi connectivity index (χ1v) is 10.2. The zero-order valence-electron chi connectivity index (χ0n) is 15.2. The van der Waals surface area contributed by atoms with Gasteiger partial charge in [-0.2, -0.15) is 22.7 Å². The van der Waals surface area contributed by atoms with Crippen molar-refractivity contribution in [3.05, 3.63) is 59.4 Å². The third kappa shape index (κ3) is 4.52. The van der Waals surface area contributed by atoms with Crippen molar-refractivity contribution in [2.45, 2.75) is 17.5 Å². The fourth-order valence-corrected chi connectivity index (χ4v) is 4.68. The van der Waals surface area contributed by atoms with Crippen LogP contribution in [-0.4, -0.2) is 38.9 Å². The summed E-state index contributed by atoms with van der Waals surface area (Å²) in [5, 5.41) is 8.92. The SMILES string of the molecule is N#Cc1ccc(N2CCCN(S(=O)(=O)c3ccc(F)cc3)CC2)cc1C(F)(F)F. The Morgan fingerprint density at radius 1 is 0.966 bits per heavy atom. The van der Waals surface area contributed by atoms with Crippen LogP contribution in [0.1, 0.15) is 17.5 Å². The molecule has 0 spiro atoms. The van der Waals surface area contributed by atoms with Crippen LogP contribution in [0.4, 0.5) is 23.2 Å². The monoisotopic (exact) mass is 427 g/mol. The number of alkyl halides is 3. The summed E-state index contributed by atoms with van der Waals surface area (Å²) in [5.41, 5.74) is -1.20. The van der Waals surface area contributed by atoms with Crippen molar-refractivity contribution in [2.75, 3.05) is 31.1 Å². The molecule has 0 aliphatic carbocycles. The Kier molecular flexibility index (Phi) is 5.82. The van der Waals surface area contributed by atoms with Gasteiger partial charge < -0.3 is 4.90 Å². The van der Waals surface area contributed by atoms with Gasteiger partial charge in [0.25, 0.3) is 0 Å². The second-order valence-electron chi connectivity index (χ2n) is 6.54. The van der Waals surface area contributed by atoms with E-state index in [1.54, 1.807) is 11.0 Å². The Bertz CT molecular complexity index is 1030. The highest BCUT2D eigenvalue weighted by molar-refractivity contribution is 7.89. The third-order valence-electron chi connectivity index (χ3n) is 4.70. The van der Waals surface area contributed by atoms with Crippen molar-refractivity contribution in [1.29, 1.82) is 5.26 Å². The molecule has 2 aromatic carbocycles. The Morgan fingerprint density at radius 2 is 1.66 bits per heavy atom. The second-order valence-corrected chi connectivity index (χ2v) is 8.48. The van der Waals surface area contributed by atoms with Gasteiger partial charge in [-0.3, -0.25) is 0 Å². The maximum Gasteiger partial charge on any atom is 0.417 e. The van der Waals surface area contributed by atoms with Crippen LogP contribution in [0.15, 0.2) is 47.4 Å². The van der Waals surface area contributed by atoms with Gasteiger partial charge in [-0.05, 0) is 48.9 Å². The minimum atomic E-state index is -4.66. The lowest BCUT2D eigenvalue weighted by Crippen LogP contribution is -2.35. The number of rotatable bonds is 3. The Balaban J connectivity index is 1.82. The first-order valence-electron chi connectivity index (χ1n) is 8.75. The zero-order valence-corrected chi connectivity index (χ0v) is 16.0. The topological polar surface area (TPSA) is 64.4 Å². The molecule has 0 radical (unpaired) electrons. The van der Waals surface area contributed by atoms with Crippen LogP contribution >= 0.6 is 0 Å². The van der Waals surface area contributed by atoms with Crippen molar-refractivity contribution >= 4 is 15.7 Å². The summed E-state index contributed by atoms with van der Waals surface area (Å²) in [6.45, 7) is 0.807. The van der Waals surface area contributed by atoms with Crippen molar-refractivity contribution < 1.29 is 26.0 Å². The number of anilines is 1. The van der Waals surface area contributed by atoms with Gasteiger partial charge >= 0.3 is 6.18 Å². The average Bonchev–Trinajstić information content (AvgIpc) is 2.94. The Morgan fingerprint density at radius 3 is 2.28 bits per heavy atom. The van der Waals surface area contributed by atoms with E-state index in [0.717, 1.165) is 24.3 Å². The van der Waals surface area contributed by atoms with E-state index in [-0.39, 0.29) is 30.2 Å². The Hall–Kier alpha value is -2.64. The van der Waals surface area contributed by atoms with E-state index in [9.17, 15) is 26.0 Å². The van der Waals surface area contributed by atoms with E-state index in [1.807, 2.05) is 0 Å².